The molecule has 0 atom stereocenters. The summed E-state index contributed by atoms with van der Waals surface area (Å²) in [5.41, 5.74) is -2.19. The monoisotopic (exact) mass is 374 g/mol. The van der Waals surface area contributed by atoms with Crippen LogP contribution >= 0.6 is 0 Å². The number of rotatable bonds is 3. The van der Waals surface area contributed by atoms with Gasteiger partial charge in [0.2, 0.25) is 0 Å². The molecule has 3 aromatic heterocycles. The van der Waals surface area contributed by atoms with Crippen molar-refractivity contribution in [3.8, 4) is 0 Å². The molecule has 0 aliphatic rings. The van der Waals surface area contributed by atoms with Gasteiger partial charge in [-0.1, -0.05) is 0 Å². The third-order valence-electron chi connectivity index (χ3n) is 3.42. The van der Waals surface area contributed by atoms with Crippen LogP contribution < -0.4 is 5.32 Å². The van der Waals surface area contributed by atoms with Crippen molar-refractivity contribution >= 4 is 17.4 Å². The van der Waals surface area contributed by atoms with E-state index in [1.807, 2.05) is 0 Å². The molecule has 0 aliphatic carbocycles. The summed E-state index contributed by atoms with van der Waals surface area (Å²) in [6.45, 7) is 1.26. The lowest BCUT2D eigenvalue weighted by molar-refractivity contribution is -0.291. The molecular formula is C14H11F5N6O. The number of halogens is 5. The maximum absolute atomic E-state index is 13.8. The lowest BCUT2D eigenvalue weighted by Crippen LogP contribution is -2.36. The van der Waals surface area contributed by atoms with E-state index < -0.39 is 23.7 Å². The van der Waals surface area contributed by atoms with Crippen LogP contribution in [0.5, 0.6) is 0 Å². The average molecular weight is 374 g/mol. The van der Waals surface area contributed by atoms with E-state index in [9.17, 15) is 26.7 Å². The first kappa shape index (κ1) is 17.8. The summed E-state index contributed by atoms with van der Waals surface area (Å²) in [5, 5.41) is 9.82. The first-order valence-corrected chi connectivity index (χ1v) is 7.12. The van der Waals surface area contributed by atoms with E-state index >= 15 is 0 Å². The molecule has 0 radical (unpaired) electrons. The summed E-state index contributed by atoms with van der Waals surface area (Å²) >= 11 is 0. The number of amides is 1. The van der Waals surface area contributed by atoms with Crippen molar-refractivity contribution in [1.29, 1.82) is 0 Å². The van der Waals surface area contributed by atoms with Gasteiger partial charge < -0.3 is 5.32 Å². The highest BCUT2D eigenvalue weighted by Crippen LogP contribution is 2.43. The van der Waals surface area contributed by atoms with Crippen LogP contribution in [-0.4, -0.2) is 36.5 Å². The Morgan fingerprint density at radius 3 is 2.42 bits per heavy atom. The van der Waals surface area contributed by atoms with Crippen molar-refractivity contribution in [2.45, 2.75) is 19.0 Å². The van der Waals surface area contributed by atoms with Gasteiger partial charge in [0.05, 0.1) is 0 Å². The maximum atomic E-state index is 13.8. The van der Waals surface area contributed by atoms with Crippen LogP contribution in [0.4, 0.5) is 27.8 Å². The third kappa shape index (κ3) is 2.97. The summed E-state index contributed by atoms with van der Waals surface area (Å²) in [5.74, 6) is -5.83. The number of hydrogen-bond acceptors (Lipinski definition) is 4. The molecule has 1 N–H and O–H groups in total. The van der Waals surface area contributed by atoms with Crippen molar-refractivity contribution in [2.24, 2.45) is 7.05 Å². The highest BCUT2D eigenvalue weighted by Gasteiger charge is 2.60. The Hall–Kier alpha value is -3.05. The number of anilines is 1. The van der Waals surface area contributed by atoms with E-state index in [-0.39, 0.29) is 22.9 Å². The molecule has 3 heterocycles. The lowest BCUT2D eigenvalue weighted by Gasteiger charge is -2.20. The molecule has 26 heavy (non-hydrogen) atoms. The van der Waals surface area contributed by atoms with Gasteiger partial charge in [0.15, 0.2) is 17.2 Å². The molecule has 3 rings (SSSR count). The summed E-state index contributed by atoms with van der Waals surface area (Å²) in [4.78, 5) is 16.0. The molecule has 0 unspecified atom stereocenters. The zero-order valence-corrected chi connectivity index (χ0v) is 13.3. The quantitative estimate of drug-likeness (QED) is 0.715. The molecule has 0 spiro atoms. The third-order valence-corrected chi connectivity index (χ3v) is 3.42. The molecule has 7 nitrogen and oxygen atoms in total. The van der Waals surface area contributed by atoms with Crippen molar-refractivity contribution in [3.63, 3.8) is 0 Å². The molecule has 0 saturated carbocycles. The fraction of sp³-hybridized carbons (Fsp3) is 0.286. The van der Waals surface area contributed by atoms with Gasteiger partial charge in [-0.25, -0.2) is 9.50 Å². The van der Waals surface area contributed by atoms with Gasteiger partial charge >= 0.3 is 12.1 Å². The number of alkyl halides is 5. The largest absolute Gasteiger partial charge is 0.459 e. The number of fused-ring (bicyclic) bond motifs is 1. The van der Waals surface area contributed by atoms with E-state index in [4.69, 9.17) is 0 Å². The van der Waals surface area contributed by atoms with Gasteiger partial charge in [0.1, 0.15) is 5.69 Å². The second-order valence-electron chi connectivity index (χ2n) is 5.48. The van der Waals surface area contributed by atoms with Crippen LogP contribution in [0, 0.1) is 6.92 Å². The summed E-state index contributed by atoms with van der Waals surface area (Å²) < 4.78 is 67.5. The Kier molecular flexibility index (Phi) is 3.92. The standard InChI is InChI=1S/C14H11F5N6O/c1-7-5-9(13(15,16)14(17,18)19)25-11(20-7)6-8(22-25)12(26)21-10-3-4-24(2)23-10/h3-6H,1-2H3,(H,21,23,26). The van der Waals surface area contributed by atoms with E-state index in [0.29, 0.717) is 10.6 Å². The number of nitrogens with zero attached hydrogens (tertiary/aromatic N) is 5. The predicted molar refractivity (Wildman–Crippen MR) is 78.8 cm³/mol. The van der Waals surface area contributed by atoms with Crippen LogP contribution in [0.3, 0.4) is 0 Å². The normalized spacial score (nSPS) is 12.6. The Morgan fingerprint density at radius 2 is 1.85 bits per heavy atom. The van der Waals surface area contributed by atoms with Gasteiger partial charge in [-0.05, 0) is 13.0 Å². The van der Waals surface area contributed by atoms with Crippen molar-refractivity contribution < 1.29 is 26.7 Å². The van der Waals surface area contributed by atoms with Gasteiger partial charge in [-0.15, -0.1) is 0 Å². The average Bonchev–Trinajstić information content (AvgIpc) is 3.11. The number of carbonyl (C=O) groups is 1. The van der Waals surface area contributed by atoms with Crippen LogP contribution in [0.1, 0.15) is 21.9 Å². The molecule has 1 amide bonds. The van der Waals surface area contributed by atoms with Crippen molar-refractivity contribution in [3.05, 3.63) is 41.5 Å². The minimum atomic E-state index is -5.82. The topological polar surface area (TPSA) is 77.1 Å². The first-order valence-electron chi connectivity index (χ1n) is 7.12. The number of nitrogens with one attached hydrogen (secondary N) is 1. The van der Waals surface area contributed by atoms with E-state index in [2.05, 4.69) is 20.5 Å². The molecule has 0 bridgehead atoms. The zero-order chi connectivity index (χ0) is 19.3. The van der Waals surface area contributed by atoms with E-state index in [1.165, 1.54) is 17.7 Å². The second-order valence-corrected chi connectivity index (χ2v) is 5.48. The number of aromatic nitrogens is 5. The SMILES string of the molecule is Cc1cc(C(F)(F)C(F)(F)F)n2nc(C(=O)Nc3ccn(C)n3)cc2n1. The van der Waals surface area contributed by atoms with Gasteiger partial charge in [0.25, 0.3) is 5.91 Å². The lowest BCUT2D eigenvalue weighted by atomic mass is 10.2. The second kappa shape index (κ2) is 5.75. The minimum absolute atomic E-state index is 0.0759. The van der Waals surface area contributed by atoms with E-state index in [0.717, 1.165) is 6.07 Å². The highest BCUT2D eigenvalue weighted by atomic mass is 19.4. The maximum Gasteiger partial charge on any atom is 0.459 e. The molecule has 0 aliphatic heterocycles. The van der Waals surface area contributed by atoms with Crippen LogP contribution in [-0.2, 0) is 13.0 Å². The highest BCUT2D eigenvalue weighted by molar-refractivity contribution is 6.02. The summed E-state index contributed by atoms with van der Waals surface area (Å²) in [6, 6.07) is 3.06. The van der Waals surface area contributed by atoms with Crippen molar-refractivity contribution in [2.75, 3.05) is 5.32 Å². The summed E-state index contributed by atoms with van der Waals surface area (Å²) in [7, 11) is 1.61. The Bertz CT molecular complexity index is 990. The zero-order valence-electron chi connectivity index (χ0n) is 13.3. The molecular weight excluding hydrogens is 363 g/mol. The number of carbonyl (C=O) groups excluding carboxylic acids is 1. The molecule has 12 heteroatoms. The smallest absolute Gasteiger partial charge is 0.304 e. The minimum Gasteiger partial charge on any atom is -0.304 e. The Balaban J connectivity index is 2.06. The van der Waals surface area contributed by atoms with E-state index in [1.54, 1.807) is 13.2 Å². The van der Waals surface area contributed by atoms with Crippen LogP contribution in [0.15, 0.2) is 24.4 Å². The Morgan fingerprint density at radius 1 is 1.15 bits per heavy atom. The summed E-state index contributed by atoms with van der Waals surface area (Å²) in [6.07, 6.45) is -4.28. The van der Waals surface area contributed by atoms with Crippen LogP contribution in [0.2, 0.25) is 0 Å². The van der Waals surface area contributed by atoms with Crippen LogP contribution in [0.25, 0.3) is 5.65 Å². The fourth-order valence-corrected chi connectivity index (χ4v) is 2.24. The van der Waals surface area contributed by atoms with Gasteiger partial charge in [-0.3, -0.25) is 9.48 Å². The predicted octanol–water partition coefficient (Wildman–Crippen LogP) is 2.68. The molecule has 0 saturated heterocycles. The molecule has 138 valence electrons. The van der Waals surface area contributed by atoms with Gasteiger partial charge in [0, 0.05) is 31.1 Å². The molecule has 0 aromatic carbocycles. The number of aryl methyl sites for hydroxylation is 2. The molecule has 0 fully saturated rings. The molecule has 3 aromatic rings. The van der Waals surface area contributed by atoms with Gasteiger partial charge in [-0.2, -0.15) is 32.1 Å². The van der Waals surface area contributed by atoms with Crippen molar-refractivity contribution in [1.82, 2.24) is 24.4 Å². The number of hydrogen-bond donors (Lipinski definition) is 1. The Labute approximate surface area is 142 Å². The fourth-order valence-electron chi connectivity index (χ4n) is 2.24. The first-order chi connectivity index (χ1) is 12.0.